The Hall–Kier alpha value is -0.990. The molecule has 0 unspecified atom stereocenters. The molecule has 0 amide bonds. The minimum atomic E-state index is 0.470. The lowest BCUT2D eigenvalue weighted by atomic mass is 10.1. The highest BCUT2D eigenvalue weighted by molar-refractivity contribution is 5.40. The fraction of sp³-hybridized carbons (Fsp3) is 0.786. The van der Waals surface area contributed by atoms with Crippen LogP contribution >= 0.6 is 0 Å². The zero-order valence-electron chi connectivity index (χ0n) is 11.4. The van der Waals surface area contributed by atoms with E-state index >= 15 is 0 Å². The summed E-state index contributed by atoms with van der Waals surface area (Å²) in [4.78, 5) is 4.78. The van der Waals surface area contributed by atoms with Crippen molar-refractivity contribution < 1.29 is 0 Å². The molecule has 0 atom stereocenters. The highest BCUT2D eigenvalue weighted by atomic mass is 15.2. The lowest BCUT2D eigenvalue weighted by Gasteiger charge is -2.10. The molecule has 1 aliphatic carbocycles. The third kappa shape index (κ3) is 2.64. The number of nitrogens with two attached hydrogens (primary N) is 1. The zero-order valence-corrected chi connectivity index (χ0v) is 11.4. The third-order valence-electron chi connectivity index (χ3n) is 3.50. The van der Waals surface area contributed by atoms with Gasteiger partial charge in [0.25, 0.3) is 0 Å². The fourth-order valence-corrected chi connectivity index (χ4v) is 2.36. The van der Waals surface area contributed by atoms with Crippen molar-refractivity contribution in [1.29, 1.82) is 0 Å². The van der Waals surface area contributed by atoms with Crippen molar-refractivity contribution in [2.75, 3.05) is 5.73 Å². The predicted molar refractivity (Wildman–Crippen MR) is 72.2 cm³/mol. The molecule has 0 radical (unpaired) electrons. The molecular weight excluding hydrogens is 210 g/mol. The van der Waals surface area contributed by atoms with Gasteiger partial charge in [0, 0.05) is 12.0 Å². The number of hydrogen-bond donors (Lipinski definition) is 1. The molecule has 2 N–H and O–H groups in total. The van der Waals surface area contributed by atoms with Crippen LogP contribution in [0.3, 0.4) is 0 Å². The summed E-state index contributed by atoms with van der Waals surface area (Å²) in [6.07, 6.45) is 7.31. The monoisotopic (exact) mass is 235 g/mol. The molecule has 3 heteroatoms. The van der Waals surface area contributed by atoms with E-state index in [1.807, 2.05) is 0 Å². The summed E-state index contributed by atoms with van der Waals surface area (Å²) in [5, 5.41) is 0. The van der Waals surface area contributed by atoms with Crippen LogP contribution in [-0.2, 0) is 6.42 Å². The molecule has 1 aromatic rings. The van der Waals surface area contributed by atoms with Crippen molar-refractivity contribution in [2.24, 2.45) is 0 Å². The molecule has 1 heterocycles. The van der Waals surface area contributed by atoms with E-state index in [1.54, 1.807) is 0 Å². The summed E-state index contributed by atoms with van der Waals surface area (Å²) in [5.74, 6) is 2.60. The summed E-state index contributed by atoms with van der Waals surface area (Å²) < 4.78 is 2.30. The highest BCUT2D eigenvalue weighted by Crippen LogP contribution is 2.40. The smallest absolute Gasteiger partial charge is 0.127 e. The summed E-state index contributed by atoms with van der Waals surface area (Å²) in [7, 11) is 0. The average molecular weight is 235 g/mol. The number of rotatable bonds is 6. The second kappa shape index (κ2) is 5.11. The van der Waals surface area contributed by atoms with Crippen LogP contribution in [0.25, 0.3) is 0 Å². The Morgan fingerprint density at radius 1 is 1.35 bits per heavy atom. The van der Waals surface area contributed by atoms with Gasteiger partial charge < -0.3 is 10.3 Å². The van der Waals surface area contributed by atoms with Crippen molar-refractivity contribution >= 4 is 5.82 Å². The second-order valence-electron chi connectivity index (χ2n) is 5.51. The van der Waals surface area contributed by atoms with E-state index in [9.17, 15) is 0 Å². The molecule has 0 saturated heterocycles. The molecule has 1 aliphatic rings. The Morgan fingerprint density at radius 3 is 2.59 bits per heavy atom. The summed E-state index contributed by atoms with van der Waals surface area (Å²) in [5.41, 5.74) is 7.40. The molecule has 3 nitrogen and oxygen atoms in total. The van der Waals surface area contributed by atoms with Crippen LogP contribution in [0.15, 0.2) is 0 Å². The Kier molecular flexibility index (Phi) is 3.75. The first-order valence-corrected chi connectivity index (χ1v) is 7.01. The van der Waals surface area contributed by atoms with Crippen LogP contribution in [0.4, 0.5) is 5.82 Å². The molecule has 1 fully saturated rings. The van der Waals surface area contributed by atoms with Crippen LogP contribution in [0.1, 0.15) is 76.4 Å². The second-order valence-corrected chi connectivity index (χ2v) is 5.51. The first-order valence-electron chi connectivity index (χ1n) is 7.01. The van der Waals surface area contributed by atoms with Crippen molar-refractivity contribution in [3.63, 3.8) is 0 Å². The van der Waals surface area contributed by atoms with Gasteiger partial charge in [0.15, 0.2) is 0 Å². The van der Waals surface area contributed by atoms with Crippen LogP contribution in [0, 0.1) is 0 Å². The standard InChI is InChI=1S/C14H25N3/c1-4-5-6-7-12-13(15)17(11-8-9-11)14(16-12)10(2)3/h10-11H,4-9,15H2,1-3H3. The number of aromatic nitrogens is 2. The summed E-state index contributed by atoms with van der Waals surface area (Å²) in [6, 6.07) is 0.639. The minimum Gasteiger partial charge on any atom is -0.384 e. The SMILES string of the molecule is CCCCCc1nc(C(C)C)n(C2CC2)c1N. The summed E-state index contributed by atoms with van der Waals surface area (Å²) in [6.45, 7) is 6.64. The van der Waals surface area contributed by atoms with Crippen LogP contribution in [0.2, 0.25) is 0 Å². The number of anilines is 1. The lowest BCUT2D eigenvalue weighted by molar-refractivity contribution is 0.645. The number of aryl methyl sites for hydroxylation is 1. The van der Waals surface area contributed by atoms with Crippen molar-refractivity contribution in [2.45, 2.75) is 71.3 Å². The number of unbranched alkanes of at least 4 members (excludes halogenated alkanes) is 2. The minimum absolute atomic E-state index is 0.470. The van der Waals surface area contributed by atoms with Gasteiger partial charge in [0.2, 0.25) is 0 Å². The molecule has 1 aromatic heterocycles. The Labute approximate surface area is 104 Å². The lowest BCUT2D eigenvalue weighted by Crippen LogP contribution is -2.06. The molecule has 2 rings (SSSR count). The topological polar surface area (TPSA) is 43.8 Å². The van der Waals surface area contributed by atoms with Gasteiger partial charge in [-0.15, -0.1) is 0 Å². The van der Waals surface area contributed by atoms with E-state index < -0.39 is 0 Å². The molecule has 0 aromatic carbocycles. The quantitative estimate of drug-likeness (QED) is 0.765. The Morgan fingerprint density at radius 2 is 2.06 bits per heavy atom. The molecule has 0 aliphatic heterocycles. The third-order valence-corrected chi connectivity index (χ3v) is 3.50. The summed E-state index contributed by atoms with van der Waals surface area (Å²) >= 11 is 0. The normalized spacial score (nSPS) is 15.8. The maximum atomic E-state index is 6.27. The number of nitrogen functional groups attached to an aromatic ring is 1. The van der Waals surface area contributed by atoms with Gasteiger partial charge in [-0.1, -0.05) is 33.6 Å². The van der Waals surface area contributed by atoms with Crippen LogP contribution < -0.4 is 5.73 Å². The zero-order chi connectivity index (χ0) is 12.4. The molecule has 17 heavy (non-hydrogen) atoms. The Bertz CT molecular complexity index is 375. The van der Waals surface area contributed by atoms with E-state index in [4.69, 9.17) is 10.7 Å². The van der Waals surface area contributed by atoms with E-state index in [1.165, 1.54) is 37.9 Å². The first kappa shape index (κ1) is 12.5. The van der Waals surface area contributed by atoms with E-state index in [2.05, 4.69) is 25.3 Å². The van der Waals surface area contributed by atoms with Crippen molar-refractivity contribution in [3.05, 3.63) is 11.5 Å². The van der Waals surface area contributed by atoms with E-state index in [0.29, 0.717) is 12.0 Å². The van der Waals surface area contributed by atoms with E-state index in [0.717, 1.165) is 17.9 Å². The van der Waals surface area contributed by atoms with Gasteiger partial charge in [-0.05, 0) is 25.7 Å². The van der Waals surface area contributed by atoms with Gasteiger partial charge in [-0.2, -0.15) is 0 Å². The van der Waals surface area contributed by atoms with Crippen LogP contribution in [-0.4, -0.2) is 9.55 Å². The molecule has 1 saturated carbocycles. The highest BCUT2D eigenvalue weighted by Gasteiger charge is 2.30. The maximum absolute atomic E-state index is 6.27. The number of nitrogens with zero attached hydrogens (tertiary/aromatic N) is 2. The molecular formula is C14H25N3. The number of imidazole rings is 1. The van der Waals surface area contributed by atoms with Crippen molar-refractivity contribution in [3.8, 4) is 0 Å². The first-order chi connectivity index (χ1) is 8.15. The molecule has 0 spiro atoms. The Balaban J connectivity index is 2.18. The largest absolute Gasteiger partial charge is 0.384 e. The van der Waals surface area contributed by atoms with Gasteiger partial charge >= 0.3 is 0 Å². The average Bonchev–Trinajstić information content (AvgIpc) is 3.05. The van der Waals surface area contributed by atoms with Gasteiger partial charge in [0.05, 0.1) is 5.69 Å². The molecule has 0 bridgehead atoms. The van der Waals surface area contributed by atoms with Crippen molar-refractivity contribution in [1.82, 2.24) is 9.55 Å². The fourth-order valence-electron chi connectivity index (χ4n) is 2.36. The molecule has 96 valence electrons. The predicted octanol–water partition coefficient (Wildman–Crippen LogP) is 3.66. The van der Waals surface area contributed by atoms with Crippen LogP contribution in [0.5, 0.6) is 0 Å². The number of hydrogen-bond acceptors (Lipinski definition) is 2. The maximum Gasteiger partial charge on any atom is 0.127 e. The van der Waals surface area contributed by atoms with Gasteiger partial charge in [-0.3, -0.25) is 0 Å². The van der Waals surface area contributed by atoms with Gasteiger partial charge in [0.1, 0.15) is 11.6 Å². The van der Waals surface area contributed by atoms with Gasteiger partial charge in [-0.25, -0.2) is 4.98 Å². The van der Waals surface area contributed by atoms with E-state index in [-0.39, 0.29) is 0 Å².